The van der Waals surface area contributed by atoms with Gasteiger partial charge in [-0.3, -0.25) is 4.79 Å². The third-order valence-electron chi connectivity index (χ3n) is 1.59. The molecule has 0 aliphatic carbocycles. The van der Waals surface area contributed by atoms with Gasteiger partial charge < -0.3 is 5.32 Å². The van der Waals surface area contributed by atoms with Crippen LogP contribution in [0.3, 0.4) is 0 Å². The summed E-state index contributed by atoms with van der Waals surface area (Å²) in [4.78, 5) is 11.3. The third-order valence-corrected chi connectivity index (χ3v) is 2.28. The van der Waals surface area contributed by atoms with Crippen molar-refractivity contribution in [3.63, 3.8) is 0 Å². The molecule has 1 aromatic carbocycles. The highest BCUT2D eigenvalue weighted by molar-refractivity contribution is 9.10. The molecule has 0 saturated heterocycles. The summed E-state index contributed by atoms with van der Waals surface area (Å²) in [5.74, 6) is -0.0603. The molecule has 76 valence electrons. The summed E-state index contributed by atoms with van der Waals surface area (Å²) in [5, 5.41) is 2.62. The average Bonchev–Trinajstić information content (AvgIpc) is 2.07. The molecule has 0 aromatic heterocycles. The van der Waals surface area contributed by atoms with Crippen LogP contribution >= 0.6 is 27.5 Å². The van der Waals surface area contributed by atoms with E-state index in [1.165, 1.54) is 0 Å². The zero-order valence-electron chi connectivity index (χ0n) is 7.76. The van der Waals surface area contributed by atoms with E-state index in [0.717, 1.165) is 10.2 Å². The van der Waals surface area contributed by atoms with Crippen LogP contribution in [0.25, 0.3) is 0 Å². The van der Waals surface area contributed by atoms with E-state index in [-0.39, 0.29) is 11.3 Å². The molecule has 1 atom stereocenters. The number of amides is 1. The normalized spacial score (nSPS) is 12.2. The highest BCUT2D eigenvalue weighted by Gasteiger charge is 2.05. The Labute approximate surface area is 96.8 Å². The second kappa shape index (κ2) is 5.37. The Morgan fingerprint density at radius 3 is 2.57 bits per heavy atom. The number of benzene rings is 1. The standard InChI is InChI=1S/C10H11BrClNO/c1-7(12)6-10(14)13-9-4-2-8(11)3-5-9/h2-5,7H,6H2,1H3,(H,13,14). The molecule has 0 aliphatic rings. The molecule has 0 spiro atoms. The van der Waals surface area contributed by atoms with Gasteiger partial charge in [-0.1, -0.05) is 15.9 Å². The highest BCUT2D eigenvalue weighted by Crippen LogP contribution is 2.14. The van der Waals surface area contributed by atoms with Crippen molar-refractivity contribution >= 4 is 39.1 Å². The first-order valence-electron chi connectivity index (χ1n) is 4.27. The van der Waals surface area contributed by atoms with Crippen LogP contribution in [-0.2, 0) is 4.79 Å². The first-order valence-corrected chi connectivity index (χ1v) is 5.50. The first kappa shape index (κ1) is 11.5. The van der Waals surface area contributed by atoms with E-state index < -0.39 is 0 Å². The Morgan fingerprint density at radius 2 is 2.07 bits per heavy atom. The summed E-state index contributed by atoms with van der Waals surface area (Å²) in [7, 11) is 0. The van der Waals surface area contributed by atoms with Crippen molar-refractivity contribution in [2.75, 3.05) is 5.32 Å². The first-order chi connectivity index (χ1) is 6.58. The number of hydrogen-bond acceptors (Lipinski definition) is 1. The Kier molecular flexibility index (Phi) is 4.42. The van der Waals surface area contributed by atoms with E-state index in [1.54, 1.807) is 6.92 Å². The molecule has 2 nitrogen and oxygen atoms in total. The lowest BCUT2D eigenvalue weighted by atomic mass is 10.3. The number of carbonyl (C=O) groups is 1. The van der Waals surface area contributed by atoms with E-state index in [9.17, 15) is 4.79 Å². The van der Waals surface area contributed by atoms with E-state index in [4.69, 9.17) is 11.6 Å². The second-order valence-corrected chi connectivity index (χ2v) is 4.70. The van der Waals surface area contributed by atoms with Crippen LogP contribution in [-0.4, -0.2) is 11.3 Å². The lowest BCUT2D eigenvalue weighted by Gasteiger charge is -2.05. The molecule has 1 aromatic rings. The molecular weight excluding hydrogens is 265 g/mol. The number of halogens is 2. The molecule has 1 rings (SSSR count). The van der Waals surface area contributed by atoms with E-state index >= 15 is 0 Å². The van der Waals surface area contributed by atoms with Crippen molar-refractivity contribution in [1.29, 1.82) is 0 Å². The largest absolute Gasteiger partial charge is 0.326 e. The van der Waals surface area contributed by atoms with Gasteiger partial charge in [0.05, 0.1) is 0 Å². The smallest absolute Gasteiger partial charge is 0.225 e. The zero-order valence-corrected chi connectivity index (χ0v) is 10.1. The summed E-state index contributed by atoms with van der Waals surface area (Å²) < 4.78 is 0.987. The molecule has 0 radical (unpaired) electrons. The van der Waals surface area contributed by atoms with Crippen LogP contribution in [0.5, 0.6) is 0 Å². The van der Waals surface area contributed by atoms with Gasteiger partial charge in [0.15, 0.2) is 0 Å². The summed E-state index contributed by atoms with van der Waals surface area (Å²) >= 11 is 9.01. The number of anilines is 1. The number of alkyl halides is 1. The van der Waals surface area contributed by atoms with Crippen molar-refractivity contribution in [3.05, 3.63) is 28.7 Å². The number of hydrogen-bond donors (Lipinski definition) is 1. The van der Waals surface area contributed by atoms with Crippen LogP contribution < -0.4 is 5.32 Å². The van der Waals surface area contributed by atoms with E-state index in [1.807, 2.05) is 24.3 Å². The van der Waals surface area contributed by atoms with E-state index in [0.29, 0.717) is 6.42 Å². The molecule has 0 aliphatic heterocycles. The Bertz CT molecular complexity index is 310. The van der Waals surface area contributed by atoms with Crippen LogP contribution in [0.15, 0.2) is 28.7 Å². The maximum atomic E-state index is 11.3. The van der Waals surface area contributed by atoms with Crippen molar-refractivity contribution < 1.29 is 4.79 Å². The van der Waals surface area contributed by atoms with Gasteiger partial charge in [0, 0.05) is 22.0 Å². The Morgan fingerprint density at radius 1 is 1.50 bits per heavy atom. The number of nitrogens with one attached hydrogen (secondary N) is 1. The Balaban J connectivity index is 2.52. The van der Waals surface area contributed by atoms with Crippen molar-refractivity contribution in [3.8, 4) is 0 Å². The van der Waals surface area contributed by atoms with Gasteiger partial charge in [0.2, 0.25) is 5.91 Å². The second-order valence-electron chi connectivity index (χ2n) is 3.04. The molecular formula is C10H11BrClNO. The minimum Gasteiger partial charge on any atom is -0.326 e. The molecule has 0 saturated carbocycles. The zero-order chi connectivity index (χ0) is 10.6. The lowest BCUT2D eigenvalue weighted by molar-refractivity contribution is -0.116. The molecule has 4 heteroatoms. The number of carbonyl (C=O) groups excluding carboxylic acids is 1. The predicted molar refractivity (Wildman–Crippen MR) is 62.7 cm³/mol. The minimum absolute atomic E-state index is 0.0603. The quantitative estimate of drug-likeness (QED) is 0.842. The molecule has 14 heavy (non-hydrogen) atoms. The van der Waals surface area contributed by atoms with Crippen LogP contribution in [0.4, 0.5) is 5.69 Å². The molecule has 1 unspecified atom stereocenters. The number of rotatable bonds is 3. The van der Waals surface area contributed by atoms with Crippen molar-refractivity contribution in [2.24, 2.45) is 0 Å². The van der Waals surface area contributed by atoms with Crippen molar-refractivity contribution in [2.45, 2.75) is 18.7 Å². The summed E-state index contributed by atoms with van der Waals surface area (Å²) in [5.41, 5.74) is 0.788. The average molecular weight is 277 g/mol. The third kappa shape index (κ3) is 4.11. The molecule has 0 bridgehead atoms. The molecule has 0 heterocycles. The fourth-order valence-electron chi connectivity index (χ4n) is 1.00. The van der Waals surface area contributed by atoms with Gasteiger partial charge in [0.25, 0.3) is 0 Å². The van der Waals surface area contributed by atoms with E-state index in [2.05, 4.69) is 21.2 Å². The maximum Gasteiger partial charge on any atom is 0.225 e. The minimum atomic E-state index is -0.134. The molecule has 1 N–H and O–H groups in total. The van der Waals surface area contributed by atoms with Gasteiger partial charge in [-0.15, -0.1) is 11.6 Å². The SMILES string of the molecule is CC(Cl)CC(=O)Nc1ccc(Br)cc1. The van der Waals surface area contributed by atoms with Crippen LogP contribution in [0, 0.1) is 0 Å². The topological polar surface area (TPSA) is 29.1 Å². The monoisotopic (exact) mass is 275 g/mol. The maximum absolute atomic E-state index is 11.3. The Hall–Kier alpha value is -0.540. The van der Waals surface area contributed by atoms with Crippen LogP contribution in [0.1, 0.15) is 13.3 Å². The lowest BCUT2D eigenvalue weighted by Crippen LogP contribution is -2.14. The van der Waals surface area contributed by atoms with Gasteiger partial charge in [-0.05, 0) is 31.2 Å². The molecule has 0 fully saturated rings. The fourth-order valence-corrected chi connectivity index (χ4v) is 1.41. The summed E-state index contributed by atoms with van der Waals surface area (Å²) in [6, 6.07) is 7.42. The summed E-state index contributed by atoms with van der Waals surface area (Å²) in [6.07, 6.45) is 0.331. The van der Waals surface area contributed by atoms with Gasteiger partial charge in [-0.2, -0.15) is 0 Å². The van der Waals surface area contributed by atoms with Crippen LogP contribution in [0.2, 0.25) is 0 Å². The predicted octanol–water partition coefficient (Wildman–Crippen LogP) is 3.41. The van der Waals surface area contributed by atoms with Gasteiger partial charge in [0.1, 0.15) is 0 Å². The fraction of sp³-hybridized carbons (Fsp3) is 0.300. The van der Waals surface area contributed by atoms with Crippen molar-refractivity contribution in [1.82, 2.24) is 0 Å². The van der Waals surface area contributed by atoms with Gasteiger partial charge >= 0.3 is 0 Å². The molecule has 1 amide bonds. The van der Waals surface area contributed by atoms with Gasteiger partial charge in [-0.25, -0.2) is 0 Å². The summed E-state index contributed by atoms with van der Waals surface area (Å²) in [6.45, 7) is 1.79. The highest BCUT2D eigenvalue weighted by atomic mass is 79.9.